The maximum atomic E-state index is 12.1. The summed E-state index contributed by atoms with van der Waals surface area (Å²) in [6, 6.07) is -0.350. The van der Waals surface area contributed by atoms with Crippen molar-refractivity contribution < 1.29 is 22.8 Å². The fourth-order valence-electron chi connectivity index (χ4n) is 2.48. The molecule has 1 aliphatic carbocycles. The van der Waals surface area contributed by atoms with Crippen LogP contribution in [0.25, 0.3) is 0 Å². The lowest BCUT2D eigenvalue weighted by Crippen LogP contribution is -2.42. The van der Waals surface area contributed by atoms with E-state index in [9.17, 15) is 14.4 Å². The summed E-state index contributed by atoms with van der Waals surface area (Å²) >= 11 is 0.583. The summed E-state index contributed by atoms with van der Waals surface area (Å²) in [6.45, 7) is 5.08. The number of Topliss-reactive ketones (excluding diaryl/α,β-unsaturated/α-hetero) is 1. The Bertz CT molecular complexity index is 435. The van der Waals surface area contributed by atoms with Crippen LogP contribution in [0.1, 0.15) is 52.9 Å². The van der Waals surface area contributed by atoms with Crippen LogP contribution < -0.4 is 5.32 Å². The number of amides is 1. The minimum atomic E-state index is -0.750. The fraction of sp³-hybridized carbons (Fsp3) is 0.786. The summed E-state index contributed by atoms with van der Waals surface area (Å²) in [7, 11) is 0. The van der Waals surface area contributed by atoms with Crippen molar-refractivity contribution in [3.8, 4) is 0 Å². The molecule has 1 fully saturated rings. The molecule has 1 aliphatic rings. The Hall–Kier alpha value is -1.02. The van der Waals surface area contributed by atoms with E-state index in [1.54, 1.807) is 6.92 Å². The van der Waals surface area contributed by atoms with Crippen LogP contribution in [0.2, 0.25) is 0 Å². The van der Waals surface area contributed by atoms with Gasteiger partial charge in [-0.15, -0.1) is 0 Å². The van der Waals surface area contributed by atoms with E-state index in [4.69, 9.17) is 8.42 Å². The molecule has 2 unspecified atom stereocenters. The van der Waals surface area contributed by atoms with Crippen LogP contribution in [0.5, 0.6) is 0 Å². The largest absolute Gasteiger partial charge is 0.346 e. The molecule has 0 bridgehead atoms. The predicted octanol–water partition coefficient (Wildman–Crippen LogP) is 1.64. The topological polar surface area (TPSA) is 97.4 Å². The third-order valence-corrected chi connectivity index (χ3v) is 4.57. The number of carbonyl (C=O) groups is 3. The van der Waals surface area contributed by atoms with Gasteiger partial charge in [0, 0.05) is 18.1 Å². The summed E-state index contributed by atoms with van der Waals surface area (Å²) in [6.07, 6.45) is 4.03. The monoisotopic (exact) mass is 349 g/mol. The molecule has 1 rings (SSSR count). The number of nitrogens with one attached hydrogen (secondary N) is 1. The van der Waals surface area contributed by atoms with Gasteiger partial charge >= 0.3 is 11.6 Å². The molecule has 0 aliphatic heterocycles. The van der Waals surface area contributed by atoms with Crippen LogP contribution in [-0.2, 0) is 26.0 Å². The Morgan fingerprint density at radius 2 is 1.77 bits per heavy atom. The number of carbonyl (C=O) groups excluding carboxylic acids is 3. The number of thioether (sulfide) groups is 1. The van der Waals surface area contributed by atoms with Gasteiger partial charge in [-0.05, 0) is 32.6 Å². The highest BCUT2D eigenvalue weighted by molar-refractivity contribution is 8.14. The molecule has 3 atom stereocenters. The van der Waals surface area contributed by atoms with Gasteiger partial charge in [-0.2, -0.15) is 8.42 Å². The molecule has 0 heterocycles. The van der Waals surface area contributed by atoms with Crippen LogP contribution >= 0.6 is 11.8 Å². The van der Waals surface area contributed by atoms with Gasteiger partial charge in [0.15, 0.2) is 10.9 Å². The van der Waals surface area contributed by atoms with Gasteiger partial charge in [0.1, 0.15) is 0 Å². The third-order valence-electron chi connectivity index (χ3n) is 3.47. The SMILES string of the molecule is CCC[C@H](NC(=O)C1CCC(SC(C)=O)C1)C(C)=O.O=S=O. The van der Waals surface area contributed by atoms with Gasteiger partial charge in [-0.3, -0.25) is 14.4 Å². The van der Waals surface area contributed by atoms with Crippen LogP contribution in [0.3, 0.4) is 0 Å². The highest BCUT2D eigenvalue weighted by Crippen LogP contribution is 2.34. The molecule has 0 aromatic rings. The van der Waals surface area contributed by atoms with Crippen molar-refractivity contribution in [3.05, 3.63) is 0 Å². The van der Waals surface area contributed by atoms with Gasteiger partial charge in [-0.25, -0.2) is 0 Å². The minimum absolute atomic E-state index is 0.0165. The fourth-order valence-corrected chi connectivity index (χ4v) is 3.53. The maximum absolute atomic E-state index is 12.1. The third kappa shape index (κ3) is 8.43. The zero-order chi connectivity index (χ0) is 17.1. The van der Waals surface area contributed by atoms with Gasteiger partial charge in [0.2, 0.25) is 5.91 Å². The van der Waals surface area contributed by atoms with Crippen LogP contribution in [0.4, 0.5) is 0 Å². The van der Waals surface area contributed by atoms with Gasteiger partial charge in [-0.1, -0.05) is 25.1 Å². The summed E-state index contributed by atoms with van der Waals surface area (Å²) in [5, 5.41) is 3.22. The van der Waals surface area contributed by atoms with Crippen molar-refractivity contribution in [2.75, 3.05) is 0 Å². The number of rotatable bonds is 6. The molecule has 1 saturated carbocycles. The number of hydrogen-bond donors (Lipinski definition) is 1. The highest BCUT2D eigenvalue weighted by Gasteiger charge is 2.32. The normalized spacial score (nSPS) is 21.2. The molecule has 0 saturated heterocycles. The van der Waals surface area contributed by atoms with Crippen LogP contribution in [-0.4, -0.2) is 36.5 Å². The average molecular weight is 349 g/mol. The van der Waals surface area contributed by atoms with Gasteiger partial charge in [0.05, 0.1) is 6.04 Å². The molecule has 126 valence electrons. The molecular weight excluding hydrogens is 326 g/mol. The average Bonchev–Trinajstić information content (AvgIpc) is 2.86. The van der Waals surface area contributed by atoms with Gasteiger partial charge < -0.3 is 5.32 Å². The first kappa shape index (κ1) is 21.0. The zero-order valence-corrected chi connectivity index (χ0v) is 14.8. The molecule has 1 amide bonds. The first-order valence-corrected chi connectivity index (χ1v) is 8.80. The standard InChI is InChI=1S/C14H23NO3S.O2S/c1-4-5-13(9(2)16)15-14(18)11-6-7-12(8-11)19-10(3)17;1-3-2/h11-13H,4-8H2,1-3H3,(H,15,18);/t11?,12?,13-;/m0./s1. The van der Waals surface area contributed by atoms with E-state index < -0.39 is 11.6 Å². The van der Waals surface area contributed by atoms with E-state index in [1.807, 2.05) is 6.92 Å². The van der Waals surface area contributed by atoms with E-state index in [0.717, 1.165) is 25.7 Å². The van der Waals surface area contributed by atoms with Crippen LogP contribution in [0.15, 0.2) is 0 Å². The molecule has 8 heteroatoms. The Labute approximate surface area is 138 Å². The summed E-state index contributed by atoms with van der Waals surface area (Å²) in [5.41, 5.74) is 0. The van der Waals surface area contributed by atoms with Crippen molar-refractivity contribution in [3.63, 3.8) is 0 Å². The van der Waals surface area contributed by atoms with E-state index in [-0.39, 0.29) is 34.0 Å². The first-order chi connectivity index (χ1) is 10.3. The molecule has 1 N–H and O–H groups in total. The van der Waals surface area contributed by atoms with E-state index in [2.05, 4.69) is 5.32 Å². The molecule has 0 aromatic carbocycles. The Balaban J connectivity index is 0.00000135. The predicted molar refractivity (Wildman–Crippen MR) is 85.8 cm³/mol. The highest BCUT2D eigenvalue weighted by atomic mass is 32.2. The molecular formula is C14H23NO5S2. The van der Waals surface area contributed by atoms with Crippen molar-refractivity contribution in [1.82, 2.24) is 5.32 Å². The second-order valence-corrected chi connectivity index (χ2v) is 6.88. The molecule has 0 radical (unpaired) electrons. The Kier molecular flexibility index (Phi) is 11.0. The molecule has 0 aromatic heterocycles. The second-order valence-electron chi connectivity index (χ2n) is 5.27. The lowest BCUT2D eigenvalue weighted by molar-refractivity contribution is -0.129. The lowest BCUT2D eigenvalue weighted by Gasteiger charge is -2.18. The number of ketones is 1. The van der Waals surface area contributed by atoms with Gasteiger partial charge in [0.25, 0.3) is 0 Å². The van der Waals surface area contributed by atoms with Crippen molar-refractivity contribution >= 4 is 40.1 Å². The van der Waals surface area contributed by atoms with Crippen molar-refractivity contribution in [2.45, 2.75) is 64.2 Å². The van der Waals surface area contributed by atoms with Crippen LogP contribution in [0, 0.1) is 5.92 Å². The van der Waals surface area contributed by atoms with E-state index in [0.29, 0.717) is 6.42 Å². The smallest absolute Gasteiger partial charge is 0.335 e. The summed E-state index contributed by atoms with van der Waals surface area (Å²) in [5.74, 6) is -0.0567. The first-order valence-electron chi connectivity index (χ1n) is 7.25. The molecule has 6 nitrogen and oxygen atoms in total. The Morgan fingerprint density at radius 3 is 2.23 bits per heavy atom. The van der Waals surface area contributed by atoms with Crippen molar-refractivity contribution in [1.29, 1.82) is 0 Å². The van der Waals surface area contributed by atoms with Crippen molar-refractivity contribution in [2.24, 2.45) is 5.92 Å². The lowest BCUT2D eigenvalue weighted by atomic mass is 10.0. The van der Waals surface area contributed by atoms with E-state index >= 15 is 0 Å². The molecule has 22 heavy (non-hydrogen) atoms. The Morgan fingerprint density at radius 1 is 1.18 bits per heavy atom. The van der Waals surface area contributed by atoms with E-state index in [1.165, 1.54) is 18.7 Å². The molecule has 0 spiro atoms. The summed E-state index contributed by atoms with van der Waals surface area (Å²) in [4.78, 5) is 34.6. The minimum Gasteiger partial charge on any atom is -0.346 e. The zero-order valence-electron chi connectivity index (χ0n) is 13.1. The second kappa shape index (κ2) is 11.5. The maximum Gasteiger partial charge on any atom is 0.335 e. The summed E-state index contributed by atoms with van der Waals surface area (Å²) < 4.78 is 16.6. The quantitative estimate of drug-likeness (QED) is 0.783. The number of hydrogen-bond acceptors (Lipinski definition) is 6.